The molecule has 4 nitrogen and oxygen atoms in total. The van der Waals surface area contributed by atoms with E-state index in [2.05, 4.69) is 0 Å². The third kappa shape index (κ3) is 17.4. The van der Waals surface area contributed by atoms with E-state index in [9.17, 15) is 9.59 Å². The van der Waals surface area contributed by atoms with Crippen molar-refractivity contribution in [3.05, 3.63) is 0 Å². The number of halogens is 1. The van der Waals surface area contributed by atoms with Crippen molar-refractivity contribution in [1.29, 1.82) is 0 Å². The molecule has 0 amide bonds. The molecule has 0 saturated heterocycles. The van der Waals surface area contributed by atoms with Crippen LogP contribution in [-0.4, -0.2) is 31.0 Å². The number of ether oxygens (including phenoxy) is 2. The van der Waals surface area contributed by atoms with Gasteiger partial charge in [0, 0.05) is 5.88 Å². The monoisotopic (exact) mass is 348 g/mol. The van der Waals surface area contributed by atoms with Gasteiger partial charge >= 0.3 is 11.9 Å². The Morgan fingerprint density at radius 1 is 0.696 bits per heavy atom. The predicted molar refractivity (Wildman–Crippen MR) is 93.7 cm³/mol. The second-order valence-corrected chi connectivity index (χ2v) is 6.19. The van der Waals surface area contributed by atoms with Gasteiger partial charge in [-0.2, -0.15) is 0 Å². The number of carbonyl (C=O) groups excluding carboxylic acids is 2. The molecule has 0 fully saturated rings. The SMILES string of the molecule is CCCCOC(=O)CCC(=O)OCCCCCCCCCCCl. The normalized spacial score (nSPS) is 10.5. The highest BCUT2D eigenvalue weighted by Crippen LogP contribution is 2.09. The molecule has 0 rings (SSSR count). The fraction of sp³-hybridized carbons (Fsp3) is 0.889. The molecule has 0 aromatic rings. The van der Waals surface area contributed by atoms with Crippen molar-refractivity contribution in [1.82, 2.24) is 0 Å². The molecule has 5 heteroatoms. The molecule has 0 aliphatic carbocycles. The lowest BCUT2D eigenvalue weighted by atomic mass is 10.1. The lowest BCUT2D eigenvalue weighted by Gasteiger charge is -2.06. The molecule has 136 valence electrons. The van der Waals surface area contributed by atoms with Gasteiger partial charge in [0.2, 0.25) is 0 Å². The first-order chi connectivity index (χ1) is 11.2. The van der Waals surface area contributed by atoms with E-state index in [-0.39, 0.29) is 24.8 Å². The summed E-state index contributed by atoms with van der Waals surface area (Å²) in [6.45, 7) is 2.93. The quantitative estimate of drug-likeness (QED) is 0.223. The molecule has 0 spiro atoms. The van der Waals surface area contributed by atoms with Crippen molar-refractivity contribution in [2.75, 3.05) is 19.1 Å². The number of unbranched alkanes of at least 4 members (excludes halogenated alkanes) is 8. The summed E-state index contributed by atoms with van der Waals surface area (Å²) < 4.78 is 10.1. The highest BCUT2D eigenvalue weighted by molar-refractivity contribution is 6.17. The van der Waals surface area contributed by atoms with Crippen molar-refractivity contribution >= 4 is 23.5 Å². The lowest BCUT2D eigenvalue weighted by molar-refractivity contribution is -0.150. The van der Waals surface area contributed by atoms with Crippen LogP contribution in [0.25, 0.3) is 0 Å². The minimum atomic E-state index is -0.315. The summed E-state index contributed by atoms with van der Waals surface area (Å²) in [6, 6.07) is 0. The highest BCUT2D eigenvalue weighted by atomic mass is 35.5. The molecule has 0 aromatic heterocycles. The molecule has 0 heterocycles. The van der Waals surface area contributed by atoms with Crippen LogP contribution in [-0.2, 0) is 19.1 Å². The predicted octanol–water partition coefficient (Wildman–Crippen LogP) is 5.01. The van der Waals surface area contributed by atoms with Gasteiger partial charge in [-0.25, -0.2) is 0 Å². The zero-order valence-corrected chi connectivity index (χ0v) is 15.4. The van der Waals surface area contributed by atoms with Gasteiger partial charge in [0.15, 0.2) is 0 Å². The largest absolute Gasteiger partial charge is 0.466 e. The van der Waals surface area contributed by atoms with Crippen LogP contribution in [0.4, 0.5) is 0 Å². The maximum Gasteiger partial charge on any atom is 0.306 e. The average molecular weight is 349 g/mol. The zero-order valence-electron chi connectivity index (χ0n) is 14.6. The van der Waals surface area contributed by atoms with Crippen molar-refractivity contribution in [3.63, 3.8) is 0 Å². The van der Waals surface area contributed by atoms with Gasteiger partial charge < -0.3 is 9.47 Å². The molecular weight excluding hydrogens is 316 g/mol. The molecule has 0 radical (unpaired) electrons. The number of hydrogen-bond acceptors (Lipinski definition) is 4. The molecule has 0 saturated carbocycles. The second-order valence-electron chi connectivity index (χ2n) is 5.81. The minimum Gasteiger partial charge on any atom is -0.466 e. The van der Waals surface area contributed by atoms with Crippen molar-refractivity contribution < 1.29 is 19.1 Å². The average Bonchev–Trinajstić information content (AvgIpc) is 2.55. The fourth-order valence-corrected chi connectivity index (χ4v) is 2.31. The molecule has 0 atom stereocenters. The Morgan fingerprint density at radius 2 is 1.13 bits per heavy atom. The number of alkyl halides is 1. The summed E-state index contributed by atoms with van der Waals surface area (Å²) in [4.78, 5) is 22.8. The number of esters is 2. The Kier molecular flexibility index (Phi) is 17.0. The van der Waals surface area contributed by atoms with Crippen LogP contribution in [0.3, 0.4) is 0 Å². The summed E-state index contributed by atoms with van der Waals surface area (Å²) in [5, 5.41) is 0. The van der Waals surface area contributed by atoms with Crippen LogP contribution in [0.2, 0.25) is 0 Å². The van der Waals surface area contributed by atoms with Gasteiger partial charge in [-0.1, -0.05) is 51.9 Å². The van der Waals surface area contributed by atoms with E-state index >= 15 is 0 Å². The van der Waals surface area contributed by atoms with Crippen LogP contribution >= 0.6 is 11.6 Å². The lowest BCUT2D eigenvalue weighted by Crippen LogP contribution is -2.11. The molecule has 0 bridgehead atoms. The van der Waals surface area contributed by atoms with Crippen LogP contribution in [0.5, 0.6) is 0 Å². The van der Waals surface area contributed by atoms with E-state index in [1.165, 1.54) is 32.1 Å². The first-order valence-electron chi connectivity index (χ1n) is 9.08. The van der Waals surface area contributed by atoms with Gasteiger partial charge in [0.1, 0.15) is 0 Å². The number of carbonyl (C=O) groups is 2. The fourth-order valence-electron chi connectivity index (χ4n) is 2.12. The summed E-state index contributed by atoms with van der Waals surface area (Å²) in [5.74, 6) is 0.144. The summed E-state index contributed by atoms with van der Waals surface area (Å²) in [6.07, 6.45) is 11.3. The maximum atomic E-state index is 11.5. The molecule has 0 N–H and O–H groups in total. The molecular formula is C18H33ClO4. The number of hydrogen-bond donors (Lipinski definition) is 0. The smallest absolute Gasteiger partial charge is 0.306 e. The topological polar surface area (TPSA) is 52.6 Å². The number of rotatable bonds is 16. The Hall–Kier alpha value is -0.770. The summed E-state index contributed by atoms with van der Waals surface area (Å²) >= 11 is 5.63. The highest BCUT2D eigenvalue weighted by Gasteiger charge is 2.08. The van der Waals surface area contributed by atoms with E-state index in [1.54, 1.807) is 0 Å². The van der Waals surface area contributed by atoms with E-state index in [0.29, 0.717) is 13.2 Å². The van der Waals surface area contributed by atoms with Crippen molar-refractivity contribution in [2.45, 2.75) is 84.0 Å². The first kappa shape index (κ1) is 22.2. The molecule has 0 aliphatic rings. The molecule has 23 heavy (non-hydrogen) atoms. The molecule has 0 aliphatic heterocycles. The maximum absolute atomic E-state index is 11.5. The Balaban J connectivity index is 3.28. The van der Waals surface area contributed by atoms with E-state index < -0.39 is 0 Å². The Labute approximate surface area is 146 Å². The van der Waals surface area contributed by atoms with E-state index in [1.807, 2.05) is 6.92 Å². The van der Waals surface area contributed by atoms with Crippen LogP contribution in [0.1, 0.15) is 84.0 Å². The third-order valence-electron chi connectivity index (χ3n) is 3.59. The van der Waals surface area contributed by atoms with Gasteiger partial charge in [-0.05, 0) is 19.3 Å². The Bertz CT molecular complexity index is 295. The van der Waals surface area contributed by atoms with E-state index in [4.69, 9.17) is 21.1 Å². The first-order valence-corrected chi connectivity index (χ1v) is 9.61. The van der Waals surface area contributed by atoms with Crippen molar-refractivity contribution in [3.8, 4) is 0 Å². The summed E-state index contributed by atoms with van der Waals surface area (Å²) in [7, 11) is 0. The van der Waals surface area contributed by atoms with Crippen LogP contribution < -0.4 is 0 Å². The van der Waals surface area contributed by atoms with Gasteiger partial charge in [0.05, 0.1) is 26.1 Å². The summed E-state index contributed by atoms with van der Waals surface area (Å²) in [5.41, 5.74) is 0. The molecule has 0 aromatic carbocycles. The van der Waals surface area contributed by atoms with Gasteiger partial charge in [-0.3, -0.25) is 9.59 Å². The third-order valence-corrected chi connectivity index (χ3v) is 3.85. The second kappa shape index (κ2) is 17.6. The van der Waals surface area contributed by atoms with E-state index in [0.717, 1.165) is 38.0 Å². The molecule has 0 unspecified atom stereocenters. The van der Waals surface area contributed by atoms with Crippen LogP contribution in [0, 0.1) is 0 Å². The van der Waals surface area contributed by atoms with Gasteiger partial charge in [0.25, 0.3) is 0 Å². The zero-order chi connectivity index (χ0) is 17.2. The van der Waals surface area contributed by atoms with Crippen molar-refractivity contribution in [2.24, 2.45) is 0 Å². The van der Waals surface area contributed by atoms with Crippen LogP contribution in [0.15, 0.2) is 0 Å². The minimum absolute atomic E-state index is 0.116. The Morgan fingerprint density at radius 3 is 1.61 bits per heavy atom. The van der Waals surface area contributed by atoms with Gasteiger partial charge in [-0.15, -0.1) is 11.6 Å². The standard InChI is InChI=1S/C18H33ClO4/c1-2-3-15-22-17(20)12-13-18(21)23-16-11-9-7-5-4-6-8-10-14-19/h2-16H2,1H3.